The van der Waals surface area contributed by atoms with E-state index in [1.807, 2.05) is 0 Å². The molecule has 2 aromatic heterocycles. The minimum absolute atomic E-state index is 0.985. The van der Waals surface area contributed by atoms with Crippen LogP contribution in [-0.2, 0) is 6.42 Å². The molecular formula is C16H15N. The van der Waals surface area contributed by atoms with Gasteiger partial charge in [-0.25, -0.2) is 0 Å². The lowest BCUT2D eigenvalue weighted by molar-refractivity contribution is 1.02. The second-order valence-corrected chi connectivity index (χ2v) is 4.48. The second-order valence-electron chi connectivity index (χ2n) is 4.48. The molecule has 0 unspecified atom stereocenters. The Hall–Kier alpha value is -2.02. The zero-order chi connectivity index (χ0) is 11.7. The Labute approximate surface area is 101 Å². The summed E-state index contributed by atoms with van der Waals surface area (Å²) in [5.41, 5.74) is 5.27. The van der Waals surface area contributed by atoms with Gasteiger partial charge in [-0.2, -0.15) is 0 Å². The Bertz CT molecular complexity index is 632. The predicted molar refractivity (Wildman–Crippen MR) is 71.4 cm³/mol. The number of nitrogens with zero attached hydrogens (tertiary/aromatic N) is 1. The number of benzene rings is 1. The first-order valence-electron chi connectivity index (χ1n) is 5.93. The Kier molecular flexibility index (Phi) is 2.45. The summed E-state index contributed by atoms with van der Waals surface area (Å²) >= 11 is 0. The maximum absolute atomic E-state index is 2.25. The summed E-state index contributed by atoms with van der Waals surface area (Å²) in [6.07, 6.45) is 3.11. The van der Waals surface area contributed by atoms with Crippen molar-refractivity contribution in [2.45, 2.75) is 13.3 Å². The van der Waals surface area contributed by atoms with E-state index in [2.05, 4.69) is 72.1 Å². The fourth-order valence-electron chi connectivity index (χ4n) is 2.17. The molecule has 0 fully saturated rings. The van der Waals surface area contributed by atoms with Gasteiger partial charge < -0.3 is 4.40 Å². The van der Waals surface area contributed by atoms with Crippen LogP contribution in [-0.4, -0.2) is 4.40 Å². The molecule has 0 radical (unpaired) electrons. The van der Waals surface area contributed by atoms with Crippen LogP contribution in [0, 0.1) is 6.92 Å². The van der Waals surface area contributed by atoms with E-state index < -0.39 is 0 Å². The molecule has 84 valence electrons. The van der Waals surface area contributed by atoms with Gasteiger partial charge in [0.1, 0.15) is 0 Å². The standard InChI is InChI=1S/C16H15N/c1-13-5-7-14(8-6-13)12-16-10-9-15-4-2-3-11-17(15)16/h2-11H,12H2,1H3. The van der Waals surface area contributed by atoms with E-state index in [1.165, 1.54) is 22.3 Å². The van der Waals surface area contributed by atoms with Gasteiger partial charge in [-0.3, -0.25) is 0 Å². The molecule has 0 bridgehead atoms. The Morgan fingerprint density at radius 2 is 1.71 bits per heavy atom. The van der Waals surface area contributed by atoms with E-state index >= 15 is 0 Å². The number of hydrogen-bond acceptors (Lipinski definition) is 0. The minimum Gasteiger partial charge on any atom is -0.321 e. The van der Waals surface area contributed by atoms with Crippen molar-refractivity contribution in [1.29, 1.82) is 0 Å². The number of rotatable bonds is 2. The quantitative estimate of drug-likeness (QED) is 0.619. The van der Waals surface area contributed by atoms with Crippen LogP contribution in [0.5, 0.6) is 0 Å². The fourth-order valence-corrected chi connectivity index (χ4v) is 2.17. The second kappa shape index (κ2) is 4.10. The predicted octanol–water partition coefficient (Wildman–Crippen LogP) is 3.84. The average molecular weight is 221 g/mol. The number of aryl methyl sites for hydroxylation is 1. The lowest BCUT2D eigenvalue weighted by atomic mass is 10.1. The first-order chi connectivity index (χ1) is 8.33. The van der Waals surface area contributed by atoms with Crippen LogP contribution in [0.15, 0.2) is 60.8 Å². The van der Waals surface area contributed by atoms with Crippen LogP contribution in [0.1, 0.15) is 16.8 Å². The van der Waals surface area contributed by atoms with Crippen molar-refractivity contribution < 1.29 is 0 Å². The number of fused-ring (bicyclic) bond motifs is 1. The molecule has 0 saturated heterocycles. The van der Waals surface area contributed by atoms with Gasteiger partial charge in [-0.05, 0) is 36.8 Å². The molecule has 0 aliphatic carbocycles. The zero-order valence-electron chi connectivity index (χ0n) is 9.93. The summed E-state index contributed by atoms with van der Waals surface area (Å²) in [4.78, 5) is 0. The van der Waals surface area contributed by atoms with E-state index in [9.17, 15) is 0 Å². The van der Waals surface area contributed by atoms with Crippen molar-refractivity contribution in [3.05, 3.63) is 77.6 Å². The molecule has 0 aliphatic rings. The van der Waals surface area contributed by atoms with Crippen molar-refractivity contribution in [2.75, 3.05) is 0 Å². The Morgan fingerprint density at radius 3 is 2.53 bits per heavy atom. The summed E-state index contributed by atoms with van der Waals surface area (Å²) in [7, 11) is 0. The third-order valence-electron chi connectivity index (χ3n) is 3.15. The molecule has 3 rings (SSSR count). The third-order valence-corrected chi connectivity index (χ3v) is 3.15. The fraction of sp³-hybridized carbons (Fsp3) is 0.125. The van der Waals surface area contributed by atoms with Crippen LogP contribution in [0.25, 0.3) is 5.52 Å². The molecular weight excluding hydrogens is 206 g/mol. The topological polar surface area (TPSA) is 4.41 Å². The highest BCUT2D eigenvalue weighted by molar-refractivity contribution is 5.50. The molecule has 1 nitrogen and oxygen atoms in total. The summed E-state index contributed by atoms with van der Waals surface area (Å²) in [5, 5.41) is 0. The Balaban J connectivity index is 1.97. The largest absolute Gasteiger partial charge is 0.321 e. The van der Waals surface area contributed by atoms with Gasteiger partial charge in [0.2, 0.25) is 0 Å². The van der Waals surface area contributed by atoms with E-state index in [0.717, 1.165) is 6.42 Å². The molecule has 0 aliphatic heterocycles. The molecule has 1 aromatic carbocycles. The van der Waals surface area contributed by atoms with Crippen LogP contribution in [0.3, 0.4) is 0 Å². The van der Waals surface area contributed by atoms with E-state index in [1.54, 1.807) is 0 Å². The van der Waals surface area contributed by atoms with Gasteiger partial charge in [0.15, 0.2) is 0 Å². The maximum Gasteiger partial charge on any atom is 0.0453 e. The van der Waals surface area contributed by atoms with Gasteiger partial charge in [-0.15, -0.1) is 0 Å². The summed E-state index contributed by atoms with van der Waals surface area (Å²) in [5.74, 6) is 0. The first kappa shape index (κ1) is 10.2. The van der Waals surface area contributed by atoms with Crippen molar-refractivity contribution in [3.63, 3.8) is 0 Å². The lowest BCUT2D eigenvalue weighted by Crippen LogP contribution is -1.93. The highest BCUT2D eigenvalue weighted by Gasteiger charge is 2.01. The van der Waals surface area contributed by atoms with Gasteiger partial charge in [0.05, 0.1) is 0 Å². The van der Waals surface area contributed by atoms with Crippen LogP contribution in [0.4, 0.5) is 0 Å². The molecule has 0 saturated carbocycles. The van der Waals surface area contributed by atoms with Crippen LogP contribution in [0.2, 0.25) is 0 Å². The van der Waals surface area contributed by atoms with Crippen molar-refractivity contribution in [1.82, 2.24) is 4.40 Å². The van der Waals surface area contributed by atoms with Gasteiger partial charge >= 0.3 is 0 Å². The van der Waals surface area contributed by atoms with Crippen LogP contribution >= 0.6 is 0 Å². The average Bonchev–Trinajstić information content (AvgIpc) is 2.76. The summed E-state index contributed by atoms with van der Waals surface area (Å²) in [6, 6.07) is 19.4. The van der Waals surface area contributed by atoms with E-state index in [4.69, 9.17) is 0 Å². The highest BCUT2D eigenvalue weighted by atomic mass is 14.9. The highest BCUT2D eigenvalue weighted by Crippen LogP contribution is 2.14. The number of aromatic nitrogens is 1. The SMILES string of the molecule is Cc1ccc(Cc2ccc3ccccn23)cc1. The van der Waals surface area contributed by atoms with Crippen molar-refractivity contribution >= 4 is 5.52 Å². The minimum atomic E-state index is 0.985. The Morgan fingerprint density at radius 1 is 0.882 bits per heavy atom. The summed E-state index contributed by atoms with van der Waals surface area (Å²) in [6.45, 7) is 2.12. The molecule has 0 spiro atoms. The molecule has 3 aromatic rings. The summed E-state index contributed by atoms with van der Waals surface area (Å²) < 4.78 is 2.25. The number of pyridine rings is 1. The molecule has 0 amide bonds. The van der Waals surface area contributed by atoms with E-state index in [0.29, 0.717) is 0 Å². The monoisotopic (exact) mass is 221 g/mol. The molecule has 2 heterocycles. The van der Waals surface area contributed by atoms with Gasteiger partial charge in [0, 0.05) is 23.8 Å². The molecule has 0 atom stereocenters. The van der Waals surface area contributed by atoms with Gasteiger partial charge in [0.25, 0.3) is 0 Å². The van der Waals surface area contributed by atoms with Crippen molar-refractivity contribution in [3.8, 4) is 0 Å². The number of hydrogen-bond donors (Lipinski definition) is 0. The van der Waals surface area contributed by atoms with Gasteiger partial charge in [-0.1, -0.05) is 35.9 Å². The van der Waals surface area contributed by atoms with Crippen LogP contribution < -0.4 is 0 Å². The molecule has 0 N–H and O–H groups in total. The van der Waals surface area contributed by atoms with E-state index in [-0.39, 0.29) is 0 Å². The van der Waals surface area contributed by atoms with Crippen molar-refractivity contribution in [2.24, 2.45) is 0 Å². The maximum atomic E-state index is 2.25. The molecule has 17 heavy (non-hydrogen) atoms. The molecule has 1 heteroatoms. The normalized spacial score (nSPS) is 10.9. The third kappa shape index (κ3) is 1.96. The zero-order valence-corrected chi connectivity index (χ0v) is 9.93. The lowest BCUT2D eigenvalue weighted by Gasteiger charge is -2.03. The smallest absolute Gasteiger partial charge is 0.0453 e. The first-order valence-corrected chi connectivity index (χ1v) is 5.93.